The third-order valence-electron chi connectivity index (χ3n) is 3.56. The van der Waals surface area contributed by atoms with Gasteiger partial charge in [0.1, 0.15) is 0 Å². The molecule has 0 bridgehead atoms. The van der Waals surface area contributed by atoms with Crippen molar-refractivity contribution in [2.75, 3.05) is 11.9 Å². The van der Waals surface area contributed by atoms with Crippen molar-refractivity contribution in [2.24, 2.45) is 11.8 Å². The molecule has 0 aliphatic heterocycles. The number of hydrogen-bond donors (Lipinski definition) is 2. The summed E-state index contributed by atoms with van der Waals surface area (Å²) in [4.78, 5) is 22.8. The van der Waals surface area contributed by atoms with Gasteiger partial charge in [-0.05, 0) is 55.9 Å². The van der Waals surface area contributed by atoms with E-state index in [1.54, 1.807) is 24.3 Å². The third-order valence-corrected chi connectivity index (χ3v) is 3.56. The first-order chi connectivity index (χ1) is 9.06. The number of urea groups is 1. The van der Waals surface area contributed by atoms with Crippen molar-refractivity contribution in [3.63, 3.8) is 0 Å². The molecular formula is C15H20N2O2. The maximum atomic E-state index is 11.7. The molecule has 2 rings (SSSR count). The highest BCUT2D eigenvalue weighted by Gasteiger charge is 2.27. The van der Waals surface area contributed by atoms with Gasteiger partial charge in [0, 0.05) is 17.8 Å². The molecule has 19 heavy (non-hydrogen) atoms. The average Bonchev–Trinajstić information content (AvgIpc) is 3.21. The van der Waals surface area contributed by atoms with Crippen LogP contribution >= 0.6 is 0 Å². The molecule has 1 aromatic carbocycles. The van der Waals surface area contributed by atoms with E-state index in [0.717, 1.165) is 5.92 Å². The first-order valence-electron chi connectivity index (χ1n) is 6.72. The molecule has 1 atom stereocenters. The van der Waals surface area contributed by atoms with Gasteiger partial charge in [-0.15, -0.1) is 0 Å². The summed E-state index contributed by atoms with van der Waals surface area (Å²) in [6.07, 6.45) is 2.58. The maximum absolute atomic E-state index is 11.7. The van der Waals surface area contributed by atoms with Crippen molar-refractivity contribution in [1.82, 2.24) is 5.32 Å². The first-order valence-corrected chi connectivity index (χ1v) is 6.72. The molecular weight excluding hydrogens is 240 g/mol. The summed E-state index contributed by atoms with van der Waals surface area (Å²) in [5.41, 5.74) is 1.34. The lowest BCUT2D eigenvalue weighted by molar-refractivity contribution is 0.101. The molecule has 1 aliphatic rings. The number of carbonyl (C=O) groups excluding carboxylic acids is 2. The number of hydrogen-bond acceptors (Lipinski definition) is 2. The van der Waals surface area contributed by atoms with Crippen molar-refractivity contribution < 1.29 is 9.59 Å². The number of anilines is 1. The topological polar surface area (TPSA) is 58.2 Å². The molecule has 1 fully saturated rings. The molecule has 1 saturated carbocycles. The number of benzene rings is 1. The minimum absolute atomic E-state index is 0.0225. The minimum Gasteiger partial charge on any atom is -0.338 e. The smallest absolute Gasteiger partial charge is 0.319 e. The quantitative estimate of drug-likeness (QED) is 0.799. The standard InChI is InChI=1S/C15H20N2O2/c1-10(12-3-4-12)9-16-15(19)17-14-7-5-13(6-8-14)11(2)18/h5-8,10,12H,3-4,9H2,1-2H3,(H2,16,17,19). The Morgan fingerprint density at radius 3 is 2.42 bits per heavy atom. The molecule has 4 nitrogen and oxygen atoms in total. The van der Waals surface area contributed by atoms with Gasteiger partial charge in [0.15, 0.2) is 5.78 Å². The number of Topliss-reactive ketones (excluding diaryl/α,β-unsaturated/α-hetero) is 1. The van der Waals surface area contributed by atoms with E-state index in [0.29, 0.717) is 23.7 Å². The van der Waals surface area contributed by atoms with E-state index in [-0.39, 0.29) is 11.8 Å². The number of rotatable bonds is 5. The zero-order valence-corrected chi connectivity index (χ0v) is 11.4. The zero-order valence-electron chi connectivity index (χ0n) is 11.4. The van der Waals surface area contributed by atoms with E-state index in [4.69, 9.17) is 0 Å². The lowest BCUT2D eigenvalue weighted by atomic mass is 10.1. The number of carbonyl (C=O) groups is 2. The summed E-state index contributed by atoms with van der Waals surface area (Å²) in [5.74, 6) is 1.36. The van der Waals surface area contributed by atoms with Crippen molar-refractivity contribution in [3.8, 4) is 0 Å². The summed E-state index contributed by atoms with van der Waals surface area (Å²) < 4.78 is 0. The van der Waals surface area contributed by atoms with Crippen LogP contribution in [0.2, 0.25) is 0 Å². The summed E-state index contributed by atoms with van der Waals surface area (Å²) >= 11 is 0. The molecule has 0 heterocycles. The molecule has 102 valence electrons. The van der Waals surface area contributed by atoms with Crippen LogP contribution in [0.25, 0.3) is 0 Å². The van der Waals surface area contributed by atoms with Crippen LogP contribution in [-0.2, 0) is 0 Å². The van der Waals surface area contributed by atoms with Crippen molar-refractivity contribution in [2.45, 2.75) is 26.7 Å². The summed E-state index contributed by atoms with van der Waals surface area (Å²) in [6, 6.07) is 6.71. The third kappa shape index (κ3) is 4.09. The van der Waals surface area contributed by atoms with Gasteiger partial charge in [-0.3, -0.25) is 4.79 Å². The second-order valence-corrected chi connectivity index (χ2v) is 5.28. The Labute approximate surface area is 113 Å². The summed E-state index contributed by atoms with van der Waals surface area (Å²) in [5, 5.41) is 5.63. The Morgan fingerprint density at radius 2 is 1.89 bits per heavy atom. The van der Waals surface area contributed by atoms with Crippen molar-refractivity contribution >= 4 is 17.5 Å². The highest BCUT2D eigenvalue weighted by molar-refractivity contribution is 5.95. The van der Waals surface area contributed by atoms with Gasteiger partial charge >= 0.3 is 6.03 Å². The van der Waals surface area contributed by atoms with Crippen molar-refractivity contribution in [3.05, 3.63) is 29.8 Å². The van der Waals surface area contributed by atoms with E-state index < -0.39 is 0 Å². The van der Waals surface area contributed by atoms with Gasteiger partial charge in [0.2, 0.25) is 0 Å². The van der Waals surface area contributed by atoms with Crippen LogP contribution < -0.4 is 10.6 Å². The van der Waals surface area contributed by atoms with E-state index in [2.05, 4.69) is 17.6 Å². The highest BCUT2D eigenvalue weighted by atomic mass is 16.2. The summed E-state index contributed by atoms with van der Waals surface area (Å²) in [7, 11) is 0. The second-order valence-electron chi connectivity index (χ2n) is 5.28. The van der Waals surface area contributed by atoms with Crippen LogP contribution in [0.4, 0.5) is 10.5 Å². The molecule has 2 N–H and O–H groups in total. The van der Waals surface area contributed by atoms with Gasteiger partial charge in [0.25, 0.3) is 0 Å². The molecule has 0 saturated heterocycles. The van der Waals surface area contributed by atoms with Gasteiger partial charge in [-0.2, -0.15) is 0 Å². The summed E-state index contributed by atoms with van der Waals surface area (Å²) in [6.45, 7) is 4.40. The molecule has 1 aromatic rings. The Morgan fingerprint density at radius 1 is 1.26 bits per heavy atom. The van der Waals surface area contributed by atoms with E-state index in [9.17, 15) is 9.59 Å². The normalized spacial score (nSPS) is 15.7. The van der Waals surface area contributed by atoms with Crippen molar-refractivity contribution in [1.29, 1.82) is 0 Å². The Hall–Kier alpha value is -1.84. The molecule has 1 unspecified atom stereocenters. The molecule has 2 amide bonds. The van der Waals surface area contributed by atoms with Crippen LogP contribution in [0.3, 0.4) is 0 Å². The Balaban J connectivity index is 1.79. The molecule has 4 heteroatoms. The van der Waals surface area contributed by atoms with Crippen LogP contribution in [0.1, 0.15) is 37.0 Å². The minimum atomic E-state index is -0.192. The lowest BCUT2D eigenvalue weighted by Crippen LogP contribution is -2.32. The van der Waals surface area contributed by atoms with Gasteiger partial charge in [-0.25, -0.2) is 4.79 Å². The largest absolute Gasteiger partial charge is 0.338 e. The van der Waals surface area contributed by atoms with Gasteiger partial charge in [0.05, 0.1) is 0 Å². The first kappa shape index (κ1) is 13.6. The number of amides is 2. The second kappa shape index (κ2) is 5.87. The molecule has 1 aliphatic carbocycles. The fraction of sp³-hybridized carbons (Fsp3) is 0.467. The fourth-order valence-corrected chi connectivity index (χ4v) is 2.05. The molecule has 0 aromatic heterocycles. The average molecular weight is 260 g/mol. The van der Waals surface area contributed by atoms with E-state index in [1.807, 2.05) is 0 Å². The Bertz CT molecular complexity index is 464. The SMILES string of the molecule is CC(=O)c1ccc(NC(=O)NCC(C)C2CC2)cc1. The van der Waals surface area contributed by atoms with E-state index in [1.165, 1.54) is 19.8 Å². The highest BCUT2D eigenvalue weighted by Crippen LogP contribution is 2.36. The van der Waals surface area contributed by atoms with Crippen LogP contribution in [0, 0.1) is 11.8 Å². The number of nitrogens with one attached hydrogen (secondary N) is 2. The monoisotopic (exact) mass is 260 g/mol. The predicted molar refractivity (Wildman–Crippen MR) is 75.4 cm³/mol. The zero-order chi connectivity index (χ0) is 13.8. The van der Waals surface area contributed by atoms with Gasteiger partial charge in [-0.1, -0.05) is 6.92 Å². The van der Waals surface area contributed by atoms with Crippen LogP contribution in [0.15, 0.2) is 24.3 Å². The molecule has 0 radical (unpaired) electrons. The maximum Gasteiger partial charge on any atom is 0.319 e. The molecule has 0 spiro atoms. The van der Waals surface area contributed by atoms with Crippen LogP contribution in [0.5, 0.6) is 0 Å². The Kier molecular flexibility index (Phi) is 4.20. The van der Waals surface area contributed by atoms with Gasteiger partial charge < -0.3 is 10.6 Å². The fourth-order valence-electron chi connectivity index (χ4n) is 2.05. The lowest BCUT2D eigenvalue weighted by Gasteiger charge is -2.12. The number of ketones is 1. The van der Waals surface area contributed by atoms with E-state index >= 15 is 0 Å². The van der Waals surface area contributed by atoms with Crippen LogP contribution in [-0.4, -0.2) is 18.4 Å². The predicted octanol–water partition coefficient (Wildman–Crippen LogP) is 3.06.